The van der Waals surface area contributed by atoms with Crippen LogP contribution in [0.5, 0.6) is 0 Å². The number of ether oxygens (including phenoxy) is 1. The number of nitrogens with one attached hydrogen (secondary N) is 1. The molecular formula is C28H28F2N6O5S. The molecule has 4 N–H and O–H groups in total. The van der Waals surface area contributed by atoms with E-state index < -0.39 is 35.2 Å². The maximum Gasteiger partial charge on any atom is 0.414 e. The van der Waals surface area contributed by atoms with Gasteiger partial charge in [0, 0.05) is 43.8 Å². The van der Waals surface area contributed by atoms with E-state index in [1.807, 2.05) is 9.80 Å². The van der Waals surface area contributed by atoms with Crippen LogP contribution in [0, 0.1) is 11.6 Å². The van der Waals surface area contributed by atoms with Crippen molar-refractivity contribution < 1.29 is 28.2 Å². The fourth-order valence-electron chi connectivity index (χ4n) is 5.57. The summed E-state index contributed by atoms with van der Waals surface area (Å²) in [5, 5.41) is 12.3. The van der Waals surface area contributed by atoms with Crippen LogP contribution < -0.4 is 31.2 Å². The number of rotatable bonds is 7. The summed E-state index contributed by atoms with van der Waals surface area (Å²) in [4.78, 5) is 41.8. The molecule has 1 amide bonds. The lowest BCUT2D eigenvalue weighted by Gasteiger charge is -2.37. The molecule has 6 rings (SSSR count). The minimum Gasteiger partial charge on any atom is -0.477 e. The van der Waals surface area contributed by atoms with Crippen molar-refractivity contribution in [2.24, 2.45) is 5.73 Å². The molecule has 14 heteroatoms. The van der Waals surface area contributed by atoms with Gasteiger partial charge in [-0.05, 0) is 55.4 Å². The second kappa shape index (κ2) is 10.7. The van der Waals surface area contributed by atoms with Crippen molar-refractivity contribution in [2.75, 3.05) is 54.0 Å². The third-order valence-corrected chi connectivity index (χ3v) is 8.00. The number of halogens is 2. The Bertz CT molecular complexity index is 1670. The lowest BCUT2D eigenvalue weighted by atomic mass is 10.1. The zero-order chi connectivity index (χ0) is 29.7. The normalized spacial score (nSPS) is 18.9. The van der Waals surface area contributed by atoms with Crippen LogP contribution in [0.2, 0.25) is 0 Å². The molecule has 220 valence electrons. The Morgan fingerprint density at radius 1 is 1.05 bits per heavy atom. The summed E-state index contributed by atoms with van der Waals surface area (Å²) in [5.41, 5.74) is 5.87. The number of nitrogens with two attached hydrogens (primary N) is 1. The summed E-state index contributed by atoms with van der Waals surface area (Å²) < 4.78 is 37.6. The van der Waals surface area contributed by atoms with Crippen LogP contribution in [0.15, 0.2) is 41.3 Å². The smallest absolute Gasteiger partial charge is 0.414 e. The number of nitrogens with zero attached hydrogens (tertiary/aromatic N) is 4. The topological polar surface area (TPSA) is 133 Å². The number of carbonyl (C=O) groups is 2. The molecule has 3 heterocycles. The molecule has 3 aliphatic rings. The Hall–Kier alpha value is -4.46. The second-order valence-electron chi connectivity index (χ2n) is 10.6. The standard InChI is InChI=1S/C28H28F2N6O5S/c29-20-9-16(36-13-17(41-28(36)40)12-32-27(31)42)3-4-22(20)33-5-7-34(8-6-33)24-11-23-18(10-21(24)30)25(37)19(26(38)39)14-35(23)15-1-2-15/h3-4,9-11,14-15,17H,1-2,5-8,12-13H2,(H,38,39)(H3,31,32,42)/t17-/m0/s1. The van der Waals surface area contributed by atoms with Crippen LogP contribution in [0.25, 0.3) is 10.9 Å². The highest BCUT2D eigenvalue weighted by Crippen LogP contribution is 2.38. The van der Waals surface area contributed by atoms with Gasteiger partial charge in [-0.3, -0.25) is 9.69 Å². The van der Waals surface area contributed by atoms with Crippen molar-refractivity contribution in [1.82, 2.24) is 9.88 Å². The Kier molecular flexibility index (Phi) is 7.09. The summed E-state index contributed by atoms with van der Waals surface area (Å²) in [6.07, 6.45) is 1.99. The van der Waals surface area contributed by atoms with Crippen LogP contribution in [-0.4, -0.2) is 72.2 Å². The molecule has 1 aromatic heterocycles. The van der Waals surface area contributed by atoms with Crippen LogP contribution in [0.3, 0.4) is 0 Å². The van der Waals surface area contributed by atoms with Crippen LogP contribution in [-0.2, 0) is 4.74 Å². The Morgan fingerprint density at radius 2 is 1.71 bits per heavy atom. The molecule has 0 bridgehead atoms. The van der Waals surface area contributed by atoms with Crippen molar-refractivity contribution in [1.29, 1.82) is 0 Å². The maximum absolute atomic E-state index is 15.3. The number of pyridine rings is 1. The zero-order valence-corrected chi connectivity index (χ0v) is 23.2. The predicted octanol–water partition coefficient (Wildman–Crippen LogP) is 2.80. The van der Waals surface area contributed by atoms with Gasteiger partial charge < -0.3 is 35.3 Å². The first kappa shape index (κ1) is 27.7. The molecule has 1 saturated carbocycles. The number of carboxylic acid groups (broad SMARTS) is 1. The number of cyclic esters (lactones) is 1. The summed E-state index contributed by atoms with van der Waals surface area (Å²) in [6.45, 7) is 2.05. The van der Waals surface area contributed by atoms with E-state index in [1.165, 1.54) is 17.2 Å². The highest BCUT2D eigenvalue weighted by atomic mass is 32.1. The number of aromatic nitrogens is 1. The van der Waals surface area contributed by atoms with Crippen molar-refractivity contribution in [2.45, 2.75) is 25.0 Å². The van der Waals surface area contributed by atoms with Crippen LogP contribution in [0.1, 0.15) is 29.2 Å². The number of piperazine rings is 1. The molecule has 2 aliphatic heterocycles. The molecule has 2 aromatic carbocycles. The summed E-state index contributed by atoms with van der Waals surface area (Å²) >= 11 is 4.78. The summed E-state index contributed by atoms with van der Waals surface area (Å²) in [7, 11) is 0. The average Bonchev–Trinajstić information content (AvgIpc) is 3.73. The third kappa shape index (κ3) is 5.17. The quantitative estimate of drug-likeness (QED) is 0.349. The van der Waals surface area contributed by atoms with Gasteiger partial charge in [0.2, 0.25) is 5.43 Å². The fraction of sp³-hybridized carbons (Fsp3) is 0.357. The first-order valence-corrected chi connectivity index (χ1v) is 13.9. The molecule has 0 unspecified atom stereocenters. The highest BCUT2D eigenvalue weighted by Gasteiger charge is 2.33. The first-order chi connectivity index (χ1) is 20.1. The molecule has 0 radical (unpaired) electrons. The van der Waals surface area contributed by atoms with Gasteiger partial charge in [0.05, 0.1) is 35.7 Å². The number of hydrogen-bond donors (Lipinski definition) is 3. The molecule has 2 saturated heterocycles. The number of thiocarbonyl (C=S) groups is 1. The number of fused-ring (bicyclic) bond motifs is 1. The van der Waals surface area contributed by atoms with E-state index in [9.17, 15) is 19.5 Å². The van der Waals surface area contributed by atoms with Gasteiger partial charge in [-0.1, -0.05) is 0 Å². The molecule has 0 spiro atoms. The van der Waals surface area contributed by atoms with Gasteiger partial charge >= 0.3 is 12.1 Å². The van der Waals surface area contributed by atoms with Crippen molar-refractivity contribution in [3.63, 3.8) is 0 Å². The van der Waals surface area contributed by atoms with Crippen molar-refractivity contribution in [3.8, 4) is 0 Å². The lowest BCUT2D eigenvalue weighted by molar-refractivity contribution is 0.0694. The highest BCUT2D eigenvalue weighted by molar-refractivity contribution is 7.80. The Balaban J connectivity index is 1.18. The number of carbonyl (C=O) groups excluding carboxylic acids is 1. The Morgan fingerprint density at radius 3 is 2.33 bits per heavy atom. The molecule has 11 nitrogen and oxygen atoms in total. The van der Waals surface area contributed by atoms with E-state index >= 15 is 8.78 Å². The fourth-order valence-corrected chi connectivity index (χ4v) is 5.65. The number of hydrogen-bond acceptors (Lipinski definition) is 7. The Labute approximate surface area is 244 Å². The van der Waals surface area contributed by atoms with Crippen molar-refractivity contribution >= 4 is 57.4 Å². The van der Waals surface area contributed by atoms with Gasteiger partial charge in [0.25, 0.3) is 0 Å². The van der Waals surface area contributed by atoms with E-state index in [-0.39, 0.29) is 35.2 Å². The molecule has 3 fully saturated rings. The molecule has 3 aromatic rings. The van der Waals surface area contributed by atoms with Crippen molar-refractivity contribution in [3.05, 3.63) is 63.9 Å². The van der Waals surface area contributed by atoms with E-state index in [0.29, 0.717) is 48.8 Å². The number of carboxylic acids is 1. The lowest BCUT2D eigenvalue weighted by Crippen LogP contribution is -2.47. The number of benzene rings is 2. The van der Waals surface area contributed by atoms with E-state index in [1.54, 1.807) is 22.8 Å². The van der Waals surface area contributed by atoms with E-state index in [2.05, 4.69) is 5.32 Å². The predicted molar refractivity (Wildman–Crippen MR) is 157 cm³/mol. The monoisotopic (exact) mass is 598 g/mol. The first-order valence-electron chi connectivity index (χ1n) is 13.5. The number of aromatic carboxylic acids is 1. The van der Waals surface area contributed by atoms with Gasteiger partial charge in [-0.2, -0.15) is 0 Å². The minimum atomic E-state index is -1.34. The largest absolute Gasteiger partial charge is 0.477 e. The van der Waals surface area contributed by atoms with Crippen LogP contribution in [0.4, 0.5) is 30.6 Å². The van der Waals surface area contributed by atoms with Crippen LogP contribution >= 0.6 is 12.2 Å². The SMILES string of the molecule is NC(=S)NC[C@H]1CN(c2ccc(N3CCN(c4cc5c(cc4F)c(=O)c(C(=O)O)cn5C4CC4)CC3)c(F)c2)C(=O)O1. The minimum absolute atomic E-state index is 0.0381. The third-order valence-electron chi connectivity index (χ3n) is 7.85. The van der Waals surface area contributed by atoms with Gasteiger partial charge in [0.15, 0.2) is 5.11 Å². The molecular weight excluding hydrogens is 570 g/mol. The molecule has 42 heavy (non-hydrogen) atoms. The molecule has 1 atom stereocenters. The number of amides is 1. The zero-order valence-electron chi connectivity index (χ0n) is 22.4. The number of anilines is 3. The summed E-state index contributed by atoms with van der Waals surface area (Å²) in [5.74, 6) is -2.46. The molecule has 1 aliphatic carbocycles. The van der Waals surface area contributed by atoms with Gasteiger partial charge in [-0.15, -0.1) is 0 Å². The second-order valence-corrected chi connectivity index (χ2v) is 11.0. The van der Waals surface area contributed by atoms with E-state index in [4.69, 9.17) is 22.7 Å². The maximum atomic E-state index is 15.3. The summed E-state index contributed by atoms with van der Waals surface area (Å²) in [6, 6.07) is 7.36. The van der Waals surface area contributed by atoms with Gasteiger partial charge in [0.1, 0.15) is 23.3 Å². The average molecular weight is 599 g/mol. The van der Waals surface area contributed by atoms with Gasteiger partial charge in [-0.25, -0.2) is 18.4 Å². The van der Waals surface area contributed by atoms with E-state index in [0.717, 1.165) is 18.9 Å².